The lowest BCUT2D eigenvalue weighted by Crippen LogP contribution is -2.68. The molecule has 0 aromatic carbocycles. The minimum atomic E-state index is -5.12. The maximum Gasteiger partial charge on any atom is 0.399 e. The molecular weight excluding hydrogens is 478 g/mol. The second-order valence-corrected chi connectivity index (χ2v) is 8.13. The van der Waals surface area contributed by atoms with Gasteiger partial charge in [-0.05, 0) is 0 Å². The van der Waals surface area contributed by atoms with Crippen molar-refractivity contribution < 1.29 is 70.5 Å². The molecule has 0 radical (unpaired) electrons. The molecule has 1 amide bonds. The second kappa shape index (κ2) is 11.3. The number of ether oxygens (including phenoxy) is 6. The van der Waals surface area contributed by atoms with E-state index in [0.717, 1.165) is 28.3 Å². The van der Waals surface area contributed by atoms with Crippen molar-refractivity contribution in [1.29, 1.82) is 0 Å². The van der Waals surface area contributed by atoms with Crippen molar-refractivity contribution in [3.05, 3.63) is 0 Å². The summed E-state index contributed by atoms with van der Waals surface area (Å²) in [6, 6.07) is -1.34. The maximum atomic E-state index is 12.1. The standard InChI is InChI=1S/C16H27NO15S/c1-5(18)17-6-10(9(21)16(31-14(6)28-4)32-33(23,24)25)29-15-8(20)7(19)11(26-2)12(30-15)13(22)27-3/h6-12,14-16,19-21H,1-4H3,(H,17,18)(H,23,24,25)/t6?,7?,8?,9-,10?,11+,12-,14-,15-,16?/m1/s1. The highest BCUT2D eigenvalue weighted by molar-refractivity contribution is 7.80. The molecule has 5 unspecified atom stereocenters. The lowest BCUT2D eigenvalue weighted by molar-refractivity contribution is -0.353. The zero-order valence-corrected chi connectivity index (χ0v) is 18.8. The Balaban J connectivity index is 2.38. The zero-order valence-electron chi connectivity index (χ0n) is 18.0. The molecule has 17 heteroatoms. The van der Waals surface area contributed by atoms with Crippen molar-refractivity contribution in [3.8, 4) is 0 Å². The third-order valence-corrected chi connectivity index (χ3v) is 5.32. The summed E-state index contributed by atoms with van der Waals surface area (Å²) in [5.74, 6) is -1.62. The van der Waals surface area contributed by atoms with Crippen molar-refractivity contribution in [1.82, 2.24) is 5.32 Å². The van der Waals surface area contributed by atoms with Gasteiger partial charge in [0, 0.05) is 21.1 Å². The van der Waals surface area contributed by atoms with Crippen LogP contribution in [0.4, 0.5) is 0 Å². The summed E-state index contributed by atoms with van der Waals surface area (Å²) >= 11 is 0. The van der Waals surface area contributed by atoms with Crippen LogP contribution in [0.15, 0.2) is 0 Å². The first-order valence-corrected chi connectivity index (χ1v) is 10.8. The van der Waals surface area contributed by atoms with Gasteiger partial charge < -0.3 is 49.1 Å². The summed E-state index contributed by atoms with van der Waals surface area (Å²) in [7, 11) is -1.81. The predicted molar refractivity (Wildman–Crippen MR) is 100 cm³/mol. The Labute approximate surface area is 188 Å². The Kier molecular flexibility index (Phi) is 9.48. The highest BCUT2D eigenvalue weighted by Gasteiger charge is 2.54. The predicted octanol–water partition coefficient (Wildman–Crippen LogP) is -3.98. The molecule has 2 rings (SSSR count). The van der Waals surface area contributed by atoms with Gasteiger partial charge in [0.25, 0.3) is 0 Å². The first kappa shape index (κ1) is 27.7. The van der Waals surface area contributed by atoms with Crippen LogP contribution in [0.5, 0.6) is 0 Å². The molecule has 0 bridgehead atoms. The van der Waals surface area contributed by atoms with Gasteiger partial charge >= 0.3 is 16.4 Å². The molecule has 2 aliphatic rings. The normalized spacial score (nSPS) is 39.6. The SMILES string of the molecule is COC(=O)[C@@H]1O[C@@H](OC2C(NC(C)=O)[C@H](OC)OC(OS(=O)(=O)O)[C@@H]2O)C(O)C(O)[C@@H]1OC. The fourth-order valence-electron chi connectivity index (χ4n) is 3.44. The number of aliphatic hydroxyl groups excluding tert-OH is 3. The average Bonchev–Trinajstić information content (AvgIpc) is 2.73. The largest absolute Gasteiger partial charge is 0.467 e. The number of rotatable bonds is 8. The molecule has 0 spiro atoms. The highest BCUT2D eigenvalue weighted by atomic mass is 32.3. The van der Waals surface area contributed by atoms with E-state index < -0.39 is 83.8 Å². The second-order valence-electron chi connectivity index (χ2n) is 7.08. The fraction of sp³-hybridized carbons (Fsp3) is 0.875. The first-order chi connectivity index (χ1) is 15.3. The zero-order chi connectivity index (χ0) is 25.1. The smallest absolute Gasteiger partial charge is 0.399 e. The number of aliphatic hydroxyl groups is 3. The van der Waals surface area contributed by atoms with Gasteiger partial charge in [0.15, 0.2) is 18.7 Å². The summed E-state index contributed by atoms with van der Waals surface area (Å²) in [6.07, 6.45) is -15.6. The minimum absolute atomic E-state index is 0.641. The Bertz CT molecular complexity index is 793. The van der Waals surface area contributed by atoms with E-state index in [1.165, 1.54) is 0 Å². The van der Waals surface area contributed by atoms with Crippen LogP contribution in [0.25, 0.3) is 0 Å². The quantitative estimate of drug-likeness (QED) is 0.157. The summed E-state index contributed by atoms with van der Waals surface area (Å²) in [4.78, 5) is 23.8. The van der Waals surface area contributed by atoms with Crippen LogP contribution in [-0.2, 0) is 52.6 Å². The Morgan fingerprint density at radius 1 is 0.879 bits per heavy atom. The molecule has 2 heterocycles. The van der Waals surface area contributed by atoms with Gasteiger partial charge in [0.05, 0.1) is 7.11 Å². The molecule has 2 saturated heterocycles. The van der Waals surface area contributed by atoms with E-state index >= 15 is 0 Å². The number of carbonyl (C=O) groups is 2. The summed E-state index contributed by atoms with van der Waals surface area (Å²) < 4.78 is 66.3. The Morgan fingerprint density at radius 3 is 2.00 bits per heavy atom. The lowest BCUT2D eigenvalue weighted by atomic mass is 9.97. The van der Waals surface area contributed by atoms with Crippen molar-refractivity contribution in [2.45, 2.75) is 68.5 Å². The van der Waals surface area contributed by atoms with E-state index in [1.807, 2.05) is 0 Å². The minimum Gasteiger partial charge on any atom is -0.467 e. The molecule has 0 saturated carbocycles. The molecule has 0 aromatic heterocycles. The molecule has 33 heavy (non-hydrogen) atoms. The topological polar surface area (TPSA) is 226 Å². The van der Waals surface area contributed by atoms with E-state index in [4.69, 9.17) is 28.2 Å². The molecule has 0 aliphatic carbocycles. The van der Waals surface area contributed by atoms with Crippen LogP contribution in [-0.4, -0.2) is 123 Å². The van der Waals surface area contributed by atoms with Crippen molar-refractivity contribution in [2.75, 3.05) is 21.3 Å². The number of nitrogens with one attached hydrogen (secondary N) is 1. The van der Waals surface area contributed by atoms with Crippen molar-refractivity contribution >= 4 is 22.3 Å². The van der Waals surface area contributed by atoms with E-state index in [-0.39, 0.29) is 0 Å². The van der Waals surface area contributed by atoms with Gasteiger partial charge in [-0.25, -0.2) is 8.98 Å². The molecular formula is C16H27NO15S. The van der Waals surface area contributed by atoms with Gasteiger partial charge in [-0.1, -0.05) is 0 Å². The van der Waals surface area contributed by atoms with Gasteiger partial charge in [-0.3, -0.25) is 9.35 Å². The van der Waals surface area contributed by atoms with E-state index in [0.29, 0.717) is 0 Å². The Hall–Kier alpha value is -1.51. The maximum absolute atomic E-state index is 12.1. The number of hydrogen-bond acceptors (Lipinski definition) is 14. The Morgan fingerprint density at radius 2 is 1.52 bits per heavy atom. The molecule has 2 fully saturated rings. The molecule has 2 aliphatic heterocycles. The number of esters is 1. The molecule has 10 atom stereocenters. The van der Waals surface area contributed by atoms with Crippen LogP contribution in [0, 0.1) is 0 Å². The third-order valence-electron chi connectivity index (χ3n) is 4.89. The van der Waals surface area contributed by atoms with E-state index in [1.54, 1.807) is 0 Å². The molecule has 5 N–H and O–H groups in total. The van der Waals surface area contributed by atoms with Crippen LogP contribution in [0.1, 0.15) is 6.92 Å². The monoisotopic (exact) mass is 505 g/mol. The average molecular weight is 505 g/mol. The molecule has 0 aromatic rings. The molecule has 16 nitrogen and oxygen atoms in total. The van der Waals surface area contributed by atoms with Crippen LogP contribution in [0.3, 0.4) is 0 Å². The first-order valence-electron chi connectivity index (χ1n) is 9.41. The van der Waals surface area contributed by atoms with Gasteiger partial charge in [0.2, 0.25) is 12.2 Å². The van der Waals surface area contributed by atoms with E-state index in [9.17, 15) is 33.3 Å². The third kappa shape index (κ3) is 6.55. The summed E-state index contributed by atoms with van der Waals surface area (Å²) in [6.45, 7) is 1.11. The van der Waals surface area contributed by atoms with Gasteiger partial charge in [0.1, 0.15) is 36.6 Å². The van der Waals surface area contributed by atoms with Crippen molar-refractivity contribution in [2.24, 2.45) is 0 Å². The number of hydrogen-bond donors (Lipinski definition) is 5. The fourth-order valence-corrected chi connectivity index (χ4v) is 3.84. The highest BCUT2D eigenvalue weighted by Crippen LogP contribution is 2.31. The van der Waals surface area contributed by atoms with Gasteiger partial charge in [-0.2, -0.15) is 8.42 Å². The van der Waals surface area contributed by atoms with Crippen LogP contribution in [0.2, 0.25) is 0 Å². The number of amides is 1. The van der Waals surface area contributed by atoms with Crippen LogP contribution < -0.4 is 5.32 Å². The number of methoxy groups -OCH3 is 3. The lowest BCUT2D eigenvalue weighted by Gasteiger charge is -2.46. The van der Waals surface area contributed by atoms with Crippen molar-refractivity contribution in [3.63, 3.8) is 0 Å². The van der Waals surface area contributed by atoms with E-state index in [2.05, 4.69) is 14.2 Å². The van der Waals surface area contributed by atoms with Crippen LogP contribution >= 0.6 is 0 Å². The molecule has 192 valence electrons. The summed E-state index contributed by atoms with van der Waals surface area (Å²) in [5.41, 5.74) is 0. The summed E-state index contributed by atoms with van der Waals surface area (Å²) in [5, 5.41) is 33.8. The van der Waals surface area contributed by atoms with Gasteiger partial charge in [-0.15, -0.1) is 0 Å². The number of carbonyl (C=O) groups excluding carboxylic acids is 2.